The van der Waals surface area contributed by atoms with E-state index in [9.17, 15) is 9.18 Å². The van der Waals surface area contributed by atoms with Gasteiger partial charge in [0.1, 0.15) is 11.7 Å². The highest BCUT2D eigenvalue weighted by atomic mass is 19.1. The molecule has 4 aliphatic rings. The van der Waals surface area contributed by atoms with Crippen LogP contribution in [0.5, 0.6) is 0 Å². The summed E-state index contributed by atoms with van der Waals surface area (Å²) in [4.78, 5) is 17.0. The van der Waals surface area contributed by atoms with E-state index in [2.05, 4.69) is 5.16 Å². The molecule has 5 rings (SSSR count). The second kappa shape index (κ2) is 5.87. The zero-order valence-corrected chi connectivity index (χ0v) is 13.7. The fourth-order valence-electron chi connectivity index (χ4n) is 5.45. The van der Waals surface area contributed by atoms with E-state index in [0.29, 0.717) is 11.4 Å². The minimum Gasteiger partial charge on any atom is -0.384 e. The van der Waals surface area contributed by atoms with Gasteiger partial charge in [0.15, 0.2) is 0 Å². The van der Waals surface area contributed by atoms with Crippen molar-refractivity contribution in [2.75, 3.05) is 0 Å². The predicted octanol–water partition coefficient (Wildman–Crippen LogP) is 3.40. The number of amidine groups is 1. The van der Waals surface area contributed by atoms with Crippen molar-refractivity contribution in [1.82, 2.24) is 0 Å². The largest absolute Gasteiger partial charge is 0.384 e. The first kappa shape index (κ1) is 15.6. The molecule has 5 heteroatoms. The van der Waals surface area contributed by atoms with E-state index in [4.69, 9.17) is 10.6 Å². The molecule has 0 saturated heterocycles. The van der Waals surface area contributed by atoms with Crippen LogP contribution in [-0.2, 0) is 16.1 Å². The lowest BCUT2D eigenvalue weighted by Crippen LogP contribution is -2.52. The van der Waals surface area contributed by atoms with Crippen molar-refractivity contribution in [3.63, 3.8) is 0 Å². The third kappa shape index (κ3) is 2.80. The molecule has 4 nitrogen and oxygen atoms in total. The molecule has 1 aromatic carbocycles. The van der Waals surface area contributed by atoms with Crippen molar-refractivity contribution in [2.45, 2.75) is 44.9 Å². The molecule has 0 radical (unpaired) electrons. The first-order valence-corrected chi connectivity index (χ1v) is 8.81. The molecule has 0 aliphatic heterocycles. The zero-order chi connectivity index (χ0) is 16.7. The maximum Gasteiger partial charge on any atom is 0.339 e. The molecule has 4 aliphatic carbocycles. The predicted molar refractivity (Wildman–Crippen MR) is 88.4 cm³/mol. The molecule has 0 aromatic heterocycles. The normalized spacial score (nSPS) is 34.4. The van der Waals surface area contributed by atoms with E-state index in [1.165, 1.54) is 25.3 Å². The van der Waals surface area contributed by atoms with Gasteiger partial charge in [-0.2, -0.15) is 0 Å². The van der Waals surface area contributed by atoms with Gasteiger partial charge in [0.05, 0.1) is 6.42 Å². The number of benzene rings is 1. The molecule has 1 aromatic rings. The number of oxime groups is 1. The van der Waals surface area contributed by atoms with Crippen LogP contribution in [0.15, 0.2) is 29.4 Å². The quantitative estimate of drug-likeness (QED) is 0.398. The van der Waals surface area contributed by atoms with Gasteiger partial charge in [-0.3, -0.25) is 0 Å². The highest BCUT2D eigenvalue weighted by molar-refractivity contribution is 5.87. The number of carbonyl (C=O) groups is 1. The van der Waals surface area contributed by atoms with Crippen LogP contribution in [0, 0.1) is 29.0 Å². The topological polar surface area (TPSA) is 64.7 Å². The number of hydrogen-bond donors (Lipinski definition) is 1. The van der Waals surface area contributed by atoms with Crippen molar-refractivity contribution in [2.24, 2.45) is 34.1 Å². The summed E-state index contributed by atoms with van der Waals surface area (Å²) in [6.45, 7) is 0. The summed E-state index contributed by atoms with van der Waals surface area (Å²) in [6, 6.07) is 6.19. The number of carbonyl (C=O) groups excluding carboxylic acids is 1. The van der Waals surface area contributed by atoms with Crippen LogP contribution in [0.3, 0.4) is 0 Å². The Morgan fingerprint density at radius 2 is 1.75 bits per heavy atom. The van der Waals surface area contributed by atoms with E-state index >= 15 is 0 Å². The Morgan fingerprint density at radius 1 is 1.17 bits per heavy atom. The van der Waals surface area contributed by atoms with Gasteiger partial charge in [-0.15, -0.1) is 0 Å². The lowest BCUT2D eigenvalue weighted by molar-refractivity contribution is -0.143. The highest BCUT2D eigenvalue weighted by Crippen LogP contribution is 2.60. The average Bonchev–Trinajstić information content (AvgIpc) is 2.53. The van der Waals surface area contributed by atoms with Crippen LogP contribution >= 0.6 is 0 Å². The lowest BCUT2D eigenvalue weighted by Gasteiger charge is -2.56. The van der Waals surface area contributed by atoms with E-state index in [0.717, 1.165) is 37.0 Å². The van der Waals surface area contributed by atoms with E-state index in [1.54, 1.807) is 18.2 Å². The highest BCUT2D eigenvalue weighted by Gasteiger charge is 2.53. The molecule has 4 fully saturated rings. The molecule has 0 unspecified atom stereocenters. The lowest BCUT2D eigenvalue weighted by atomic mass is 9.49. The Hall–Kier alpha value is -1.91. The molecular weight excluding hydrogens is 307 g/mol. The van der Waals surface area contributed by atoms with Crippen molar-refractivity contribution in [3.05, 3.63) is 35.6 Å². The van der Waals surface area contributed by atoms with E-state index < -0.39 is 11.8 Å². The van der Waals surface area contributed by atoms with Crippen LogP contribution in [0.25, 0.3) is 0 Å². The van der Waals surface area contributed by atoms with Crippen LogP contribution in [0.1, 0.15) is 44.1 Å². The SMILES string of the molecule is NC(=NOC(=O)Cc1ccccc1F)C12CC3CC(CC(C3)C1)C2. The summed E-state index contributed by atoms with van der Waals surface area (Å²) in [7, 11) is 0. The summed E-state index contributed by atoms with van der Waals surface area (Å²) >= 11 is 0. The van der Waals surface area contributed by atoms with Crippen molar-refractivity contribution in [1.29, 1.82) is 0 Å². The minimum atomic E-state index is -0.576. The first-order valence-electron chi connectivity index (χ1n) is 8.81. The molecular formula is C19H23FN2O2. The van der Waals surface area contributed by atoms with Crippen molar-refractivity contribution in [3.8, 4) is 0 Å². The summed E-state index contributed by atoms with van der Waals surface area (Å²) in [6.07, 6.45) is 7.03. The van der Waals surface area contributed by atoms with E-state index in [-0.39, 0.29) is 11.8 Å². The fourth-order valence-corrected chi connectivity index (χ4v) is 5.45. The maximum absolute atomic E-state index is 13.6. The molecule has 24 heavy (non-hydrogen) atoms. The van der Waals surface area contributed by atoms with Gasteiger partial charge in [-0.05, 0) is 67.9 Å². The summed E-state index contributed by atoms with van der Waals surface area (Å²) in [5.41, 5.74) is 6.48. The summed E-state index contributed by atoms with van der Waals surface area (Å²) in [5.74, 6) is 1.72. The standard InChI is InChI=1S/C19H23FN2O2/c20-16-4-2-1-3-15(16)8-17(23)24-22-18(21)19-9-12-5-13(10-19)7-14(6-12)11-19/h1-4,12-14H,5-11H2,(H2,21,22). The van der Waals surface area contributed by atoms with Gasteiger partial charge in [0.25, 0.3) is 0 Å². The maximum atomic E-state index is 13.6. The van der Waals surface area contributed by atoms with Gasteiger partial charge < -0.3 is 10.6 Å². The molecule has 0 heterocycles. The Morgan fingerprint density at radius 3 is 2.33 bits per heavy atom. The van der Waals surface area contributed by atoms with Crippen molar-refractivity contribution >= 4 is 11.8 Å². The molecule has 2 N–H and O–H groups in total. The molecule has 0 amide bonds. The average molecular weight is 330 g/mol. The van der Waals surface area contributed by atoms with Gasteiger partial charge in [0, 0.05) is 5.41 Å². The number of nitrogens with two attached hydrogens (primary N) is 1. The summed E-state index contributed by atoms with van der Waals surface area (Å²) < 4.78 is 13.6. The Balaban J connectivity index is 1.42. The Bertz CT molecular complexity index is 650. The second-order valence-corrected chi connectivity index (χ2v) is 7.91. The van der Waals surface area contributed by atoms with Gasteiger partial charge >= 0.3 is 5.97 Å². The first-order chi connectivity index (χ1) is 11.5. The Labute approximate surface area is 141 Å². The molecule has 128 valence electrons. The fraction of sp³-hybridized carbons (Fsp3) is 0.579. The number of halogens is 1. The second-order valence-electron chi connectivity index (χ2n) is 7.91. The van der Waals surface area contributed by atoms with Gasteiger partial charge in [0.2, 0.25) is 0 Å². The van der Waals surface area contributed by atoms with E-state index in [1.807, 2.05) is 0 Å². The molecule has 0 spiro atoms. The van der Waals surface area contributed by atoms with Crippen LogP contribution in [-0.4, -0.2) is 11.8 Å². The monoisotopic (exact) mass is 330 g/mol. The summed E-state index contributed by atoms with van der Waals surface area (Å²) in [5, 5.41) is 3.96. The molecule has 4 bridgehead atoms. The van der Waals surface area contributed by atoms with Gasteiger partial charge in [-0.25, -0.2) is 9.18 Å². The molecule has 0 atom stereocenters. The third-order valence-electron chi connectivity index (χ3n) is 6.12. The van der Waals surface area contributed by atoms with Crippen LogP contribution in [0.2, 0.25) is 0 Å². The van der Waals surface area contributed by atoms with Crippen LogP contribution in [0.4, 0.5) is 4.39 Å². The van der Waals surface area contributed by atoms with Gasteiger partial charge in [-0.1, -0.05) is 23.4 Å². The van der Waals surface area contributed by atoms with Crippen molar-refractivity contribution < 1.29 is 14.0 Å². The number of rotatable bonds is 4. The van der Waals surface area contributed by atoms with Crippen LogP contribution < -0.4 is 5.73 Å². The Kier molecular flexibility index (Phi) is 3.82. The molecule has 4 saturated carbocycles. The minimum absolute atomic E-state index is 0.0764. The number of hydrogen-bond acceptors (Lipinski definition) is 3. The smallest absolute Gasteiger partial charge is 0.339 e. The zero-order valence-electron chi connectivity index (χ0n) is 13.7. The third-order valence-corrected chi connectivity index (χ3v) is 6.12. The number of nitrogens with zero attached hydrogens (tertiary/aromatic N) is 1.